The van der Waals surface area contributed by atoms with Crippen molar-refractivity contribution in [3.63, 3.8) is 0 Å². The molecule has 7 heteroatoms. The highest BCUT2D eigenvalue weighted by atomic mass is 15.6. The molecule has 0 aliphatic heterocycles. The first-order valence-electron chi connectivity index (χ1n) is 5.30. The van der Waals surface area contributed by atoms with Crippen molar-refractivity contribution in [3.8, 4) is 0 Å². The smallest absolute Gasteiger partial charge is 0.176 e. The molecule has 2 rings (SSSR count). The van der Waals surface area contributed by atoms with E-state index in [1.54, 1.807) is 13.2 Å². The molecule has 0 saturated heterocycles. The summed E-state index contributed by atoms with van der Waals surface area (Å²) in [4.78, 5) is 5.49. The molecule has 2 heterocycles. The van der Waals surface area contributed by atoms with Gasteiger partial charge in [0.15, 0.2) is 5.82 Å². The molecule has 2 aromatic rings. The molecular formula is C10H15N7. The van der Waals surface area contributed by atoms with Crippen LogP contribution in [-0.2, 0) is 13.5 Å². The quantitative estimate of drug-likeness (QED) is 0.554. The predicted molar refractivity (Wildman–Crippen MR) is 61.5 cm³/mol. The molecule has 0 fully saturated rings. The topological polar surface area (TPSA) is 94.5 Å². The Morgan fingerprint density at radius 3 is 2.94 bits per heavy atom. The van der Waals surface area contributed by atoms with Crippen molar-refractivity contribution < 1.29 is 0 Å². The van der Waals surface area contributed by atoms with Crippen molar-refractivity contribution in [3.05, 3.63) is 35.4 Å². The van der Waals surface area contributed by atoms with E-state index in [2.05, 4.69) is 25.8 Å². The fourth-order valence-corrected chi connectivity index (χ4v) is 1.72. The van der Waals surface area contributed by atoms with Crippen LogP contribution in [0.2, 0.25) is 0 Å². The van der Waals surface area contributed by atoms with E-state index in [0.717, 1.165) is 11.1 Å². The molecule has 0 aliphatic rings. The van der Waals surface area contributed by atoms with Gasteiger partial charge in [0, 0.05) is 18.8 Å². The van der Waals surface area contributed by atoms with Crippen LogP contribution < -0.4 is 11.3 Å². The highest BCUT2D eigenvalue weighted by Gasteiger charge is 2.15. The van der Waals surface area contributed by atoms with E-state index in [4.69, 9.17) is 5.84 Å². The number of hydrogen-bond acceptors (Lipinski definition) is 6. The predicted octanol–water partition coefficient (Wildman–Crippen LogP) is -0.339. The summed E-state index contributed by atoms with van der Waals surface area (Å²) in [6.07, 6.45) is 4.15. The molecule has 0 bridgehead atoms. The minimum Gasteiger partial charge on any atom is -0.271 e. The van der Waals surface area contributed by atoms with Gasteiger partial charge in [-0.1, -0.05) is 0 Å². The molecule has 0 spiro atoms. The molecule has 0 aliphatic carbocycles. The van der Waals surface area contributed by atoms with Crippen molar-refractivity contribution in [2.45, 2.75) is 19.4 Å². The minimum atomic E-state index is -0.0396. The second kappa shape index (κ2) is 4.98. The van der Waals surface area contributed by atoms with Gasteiger partial charge in [-0.15, -0.1) is 10.2 Å². The second-order valence-corrected chi connectivity index (χ2v) is 3.85. The molecule has 1 atom stereocenters. The zero-order valence-corrected chi connectivity index (χ0v) is 9.83. The lowest BCUT2D eigenvalue weighted by molar-refractivity contribution is 0.533. The number of nitrogens with two attached hydrogens (primary N) is 1. The van der Waals surface area contributed by atoms with Crippen molar-refractivity contribution in [1.82, 2.24) is 30.6 Å². The molecule has 7 nitrogen and oxygen atoms in total. The summed E-state index contributed by atoms with van der Waals surface area (Å²) in [6.45, 7) is 2.00. The van der Waals surface area contributed by atoms with Crippen LogP contribution in [0.1, 0.15) is 23.0 Å². The number of nitrogens with one attached hydrogen (secondary N) is 1. The molecule has 3 N–H and O–H groups in total. The molecule has 0 aromatic carbocycles. The van der Waals surface area contributed by atoms with Crippen LogP contribution in [0.5, 0.6) is 0 Å². The molecule has 90 valence electrons. The van der Waals surface area contributed by atoms with Gasteiger partial charge in [0.1, 0.15) is 0 Å². The van der Waals surface area contributed by atoms with Gasteiger partial charge in [0.05, 0.1) is 13.1 Å². The standard InChI is InChI=1S/C10H15N7/c1-7-6-12-4-3-8(7)9(13-11)5-10-14-16-17(2)15-10/h3-4,6,9,13H,5,11H2,1-2H3. The maximum absolute atomic E-state index is 5.58. The average Bonchev–Trinajstić information content (AvgIpc) is 2.73. The van der Waals surface area contributed by atoms with E-state index in [1.807, 2.05) is 19.2 Å². The Hall–Kier alpha value is -1.86. The highest BCUT2D eigenvalue weighted by molar-refractivity contribution is 5.25. The first-order valence-corrected chi connectivity index (χ1v) is 5.30. The Bertz CT molecular complexity index is 493. The number of hydrazine groups is 1. The van der Waals surface area contributed by atoms with Crippen LogP contribution in [0.4, 0.5) is 0 Å². The SMILES string of the molecule is Cc1cnccc1C(Cc1nnn(C)n1)NN. The van der Waals surface area contributed by atoms with Crippen LogP contribution in [-0.4, -0.2) is 25.2 Å². The zero-order valence-electron chi connectivity index (χ0n) is 9.83. The second-order valence-electron chi connectivity index (χ2n) is 3.85. The highest BCUT2D eigenvalue weighted by Crippen LogP contribution is 2.18. The number of hydrogen-bond donors (Lipinski definition) is 2. The van der Waals surface area contributed by atoms with Gasteiger partial charge < -0.3 is 0 Å². The fraction of sp³-hybridized carbons (Fsp3) is 0.400. The molecular weight excluding hydrogens is 218 g/mol. The molecule has 17 heavy (non-hydrogen) atoms. The van der Waals surface area contributed by atoms with Gasteiger partial charge in [0.2, 0.25) is 0 Å². The van der Waals surface area contributed by atoms with Gasteiger partial charge in [-0.3, -0.25) is 16.3 Å². The summed E-state index contributed by atoms with van der Waals surface area (Å²) in [7, 11) is 1.74. The van der Waals surface area contributed by atoms with Crippen molar-refractivity contribution in [2.75, 3.05) is 0 Å². The number of nitrogens with zero attached hydrogens (tertiary/aromatic N) is 5. The number of tetrazole rings is 1. The van der Waals surface area contributed by atoms with Crippen LogP contribution in [0.15, 0.2) is 18.5 Å². The lowest BCUT2D eigenvalue weighted by Crippen LogP contribution is -2.30. The minimum absolute atomic E-state index is 0.0396. The molecule has 0 amide bonds. The summed E-state index contributed by atoms with van der Waals surface area (Å²) in [5.41, 5.74) is 4.95. The molecule has 2 aromatic heterocycles. The summed E-state index contributed by atoms with van der Waals surface area (Å²) in [5.74, 6) is 6.23. The van der Waals surface area contributed by atoms with Crippen LogP contribution in [0, 0.1) is 6.92 Å². The summed E-state index contributed by atoms with van der Waals surface area (Å²) >= 11 is 0. The van der Waals surface area contributed by atoms with E-state index < -0.39 is 0 Å². The Morgan fingerprint density at radius 1 is 1.53 bits per heavy atom. The molecule has 0 saturated carbocycles. The van der Waals surface area contributed by atoms with Crippen LogP contribution in [0.3, 0.4) is 0 Å². The van der Waals surface area contributed by atoms with E-state index in [-0.39, 0.29) is 6.04 Å². The van der Waals surface area contributed by atoms with Crippen molar-refractivity contribution in [2.24, 2.45) is 12.9 Å². The maximum atomic E-state index is 5.58. The summed E-state index contributed by atoms with van der Waals surface area (Å²) in [5, 5.41) is 11.9. The maximum Gasteiger partial charge on any atom is 0.176 e. The van der Waals surface area contributed by atoms with E-state index in [9.17, 15) is 0 Å². The zero-order chi connectivity index (χ0) is 12.3. The average molecular weight is 233 g/mol. The number of aryl methyl sites for hydroxylation is 2. The lowest BCUT2D eigenvalue weighted by atomic mass is 10.0. The Kier molecular flexibility index (Phi) is 3.40. The third-order valence-corrected chi connectivity index (χ3v) is 2.58. The van der Waals surface area contributed by atoms with Gasteiger partial charge >= 0.3 is 0 Å². The van der Waals surface area contributed by atoms with Crippen LogP contribution in [0.25, 0.3) is 0 Å². The van der Waals surface area contributed by atoms with Crippen LogP contribution >= 0.6 is 0 Å². The molecule has 1 unspecified atom stereocenters. The summed E-state index contributed by atoms with van der Waals surface area (Å²) < 4.78 is 0. The Labute approximate surface area is 99.0 Å². The fourth-order valence-electron chi connectivity index (χ4n) is 1.72. The van der Waals surface area contributed by atoms with Crippen molar-refractivity contribution >= 4 is 0 Å². The van der Waals surface area contributed by atoms with Gasteiger partial charge in [-0.05, 0) is 29.3 Å². The normalized spacial score (nSPS) is 12.6. The number of pyridine rings is 1. The third-order valence-electron chi connectivity index (χ3n) is 2.58. The molecule has 0 radical (unpaired) electrons. The van der Waals surface area contributed by atoms with Crippen molar-refractivity contribution in [1.29, 1.82) is 0 Å². The number of rotatable bonds is 4. The van der Waals surface area contributed by atoms with Gasteiger partial charge in [0.25, 0.3) is 0 Å². The Morgan fingerprint density at radius 2 is 2.35 bits per heavy atom. The van der Waals surface area contributed by atoms with Gasteiger partial charge in [-0.2, -0.15) is 4.80 Å². The Balaban J connectivity index is 2.20. The lowest BCUT2D eigenvalue weighted by Gasteiger charge is -2.16. The van der Waals surface area contributed by atoms with E-state index >= 15 is 0 Å². The van der Waals surface area contributed by atoms with E-state index in [0.29, 0.717) is 12.2 Å². The first-order chi connectivity index (χ1) is 8.20. The van der Waals surface area contributed by atoms with Gasteiger partial charge in [-0.25, -0.2) is 0 Å². The third kappa shape index (κ3) is 2.63. The largest absolute Gasteiger partial charge is 0.271 e. The summed E-state index contributed by atoms with van der Waals surface area (Å²) in [6, 6.07) is 1.90. The number of aromatic nitrogens is 5. The monoisotopic (exact) mass is 233 g/mol. The van der Waals surface area contributed by atoms with E-state index in [1.165, 1.54) is 4.80 Å². The first kappa shape index (κ1) is 11.6.